The summed E-state index contributed by atoms with van der Waals surface area (Å²) < 4.78 is 0. The van der Waals surface area contributed by atoms with E-state index in [0.717, 1.165) is 25.7 Å². The number of nitrogens with one attached hydrogen (secondary N) is 1. The molecule has 1 aliphatic rings. The smallest absolute Gasteiger partial charge is 0.242 e. The Bertz CT molecular complexity index is 936. The van der Waals surface area contributed by atoms with E-state index in [4.69, 9.17) is 46.4 Å². The average Bonchev–Trinajstić information content (AvgIpc) is 2.76. The van der Waals surface area contributed by atoms with Gasteiger partial charge in [-0.3, -0.25) is 9.59 Å². The Morgan fingerprint density at radius 2 is 1.41 bits per heavy atom. The first-order valence-corrected chi connectivity index (χ1v) is 12.2. The summed E-state index contributed by atoms with van der Waals surface area (Å²) in [5.41, 5.74) is 1.11. The van der Waals surface area contributed by atoms with Crippen LogP contribution in [-0.2, 0) is 22.6 Å². The van der Waals surface area contributed by atoms with Gasteiger partial charge in [0.1, 0.15) is 6.04 Å². The summed E-state index contributed by atoms with van der Waals surface area (Å²) in [6, 6.07) is 9.67. The highest BCUT2D eigenvalue weighted by molar-refractivity contribution is 6.36. The van der Waals surface area contributed by atoms with Crippen LogP contribution in [0.5, 0.6) is 0 Å². The Labute approximate surface area is 209 Å². The minimum Gasteiger partial charge on any atom is -0.352 e. The number of hydrogen-bond acceptors (Lipinski definition) is 2. The van der Waals surface area contributed by atoms with Crippen molar-refractivity contribution in [2.45, 2.75) is 64.1 Å². The third-order valence-electron chi connectivity index (χ3n) is 5.90. The lowest BCUT2D eigenvalue weighted by molar-refractivity contribution is -0.140. The molecule has 8 heteroatoms. The standard InChI is InChI=1S/C24H26Cl4N2O2/c1-15(24(32)29-16-7-3-2-4-8-16)30(14-18-21(27)11-6-12-22(18)28)23(31)13-17-19(25)9-5-10-20(17)26/h5-6,9-12,15-16H,2-4,7-8,13-14H2,1H3,(H,29,32)/t15-/m0/s1. The maximum Gasteiger partial charge on any atom is 0.242 e. The molecule has 1 aliphatic carbocycles. The van der Waals surface area contributed by atoms with Crippen molar-refractivity contribution in [1.82, 2.24) is 10.2 Å². The Kier molecular flexibility index (Phi) is 9.13. The molecule has 0 aromatic heterocycles. The van der Waals surface area contributed by atoms with Crippen molar-refractivity contribution in [2.24, 2.45) is 0 Å². The zero-order valence-electron chi connectivity index (χ0n) is 17.8. The second-order valence-electron chi connectivity index (χ2n) is 8.12. The van der Waals surface area contributed by atoms with Gasteiger partial charge in [0.2, 0.25) is 11.8 Å². The highest BCUT2D eigenvalue weighted by Gasteiger charge is 2.29. The van der Waals surface area contributed by atoms with Crippen molar-refractivity contribution >= 4 is 58.2 Å². The fraction of sp³-hybridized carbons (Fsp3) is 0.417. The van der Waals surface area contributed by atoms with E-state index in [-0.39, 0.29) is 30.8 Å². The fourth-order valence-electron chi connectivity index (χ4n) is 3.96. The Morgan fingerprint density at radius 1 is 0.906 bits per heavy atom. The van der Waals surface area contributed by atoms with Gasteiger partial charge in [0, 0.05) is 38.2 Å². The molecule has 1 atom stereocenters. The number of carbonyl (C=O) groups is 2. The van der Waals surface area contributed by atoms with Crippen LogP contribution in [0, 0.1) is 0 Å². The number of halogens is 4. The van der Waals surface area contributed by atoms with Gasteiger partial charge in [0.25, 0.3) is 0 Å². The Hall–Kier alpha value is -1.46. The molecule has 172 valence electrons. The minimum absolute atomic E-state index is 0.0401. The maximum atomic E-state index is 13.4. The SMILES string of the molecule is C[C@@H](C(=O)NC1CCCCC1)N(Cc1c(Cl)cccc1Cl)C(=O)Cc1c(Cl)cccc1Cl. The average molecular weight is 516 g/mol. The molecule has 0 saturated heterocycles. The molecule has 4 nitrogen and oxygen atoms in total. The van der Waals surface area contributed by atoms with Gasteiger partial charge in [-0.1, -0.05) is 77.8 Å². The van der Waals surface area contributed by atoms with E-state index in [1.54, 1.807) is 43.3 Å². The van der Waals surface area contributed by atoms with E-state index in [0.29, 0.717) is 31.2 Å². The molecule has 0 unspecified atom stereocenters. The minimum atomic E-state index is -0.724. The summed E-state index contributed by atoms with van der Waals surface area (Å²) >= 11 is 25.3. The van der Waals surface area contributed by atoms with Gasteiger partial charge in [-0.05, 0) is 49.6 Å². The molecule has 1 saturated carbocycles. The number of amides is 2. The maximum absolute atomic E-state index is 13.4. The van der Waals surface area contributed by atoms with Gasteiger partial charge in [-0.25, -0.2) is 0 Å². The molecule has 3 rings (SSSR count). The van der Waals surface area contributed by atoms with Crippen LogP contribution < -0.4 is 5.32 Å². The molecule has 2 aromatic carbocycles. The van der Waals surface area contributed by atoms with Crippen molar-refractivity contribution in [2.75, 3.05) is 0 Å². The van der Waals surface area contributed by atoms with Crippen LogP contribution in [0.3, 0.4) is 0 Å². The monoisotopic (exact) mass is 514 g/mol. The van der Waals surface area contributed by atoms with Crippen molar-refractivity contribution in [1.29, 1.82) is 0 Å². The number of rotatable bonds is 7. The molecule has 1 fully saturated rings. The first-order chi connectivity index (χ1) is 15.3. The quantitative estimate of drug-likeness (QED) is 0.445. The van der Waals surface area contributed by atoms with E-state index in [2.05, 4.69) is 5.32 Å². The van der Waals surface area contributed by atoms with Crippen LogP contribution in [0.15, 0.2) is 36.4 Å². The molecule has 0 spiro atoms. The number of hydrogen-bond donors (Lipinski definition) is 1. The predicted octanol–water partition coefficient (Wildman–Crippen LogP) is 6.71. The van der Waals surface area contributed by atoms with Crippen LogP contribution in [0.4, 0.5) is 0 Å². The summed E-state index contributed by atoms with van der Waals surface area (Å²) in [6.07, 6.45) is 5.26. The highest BCUT2D eigenvalue weighted by Crippen LogP contribution is 2.29. The second kappa shape index (κ2) is 11.6. The first kappa shape index (κ1) is 25.2. The summed E-state index contributed by atoms with van der Waals surface area (Å²) in [4.78, 5) is 28.0. The van der Waals surface area contributed by atoms with Crippen molar-refractivity contribution in [3.63, 3.8) is 0 Å². The van der Waals surface area contributed by atoms with E-state index >= 15 is 0 Å². The van der Waals surface area contributed by atoms with Crippen molar-refractivity contribution < 1.29 is 9.59 Å². The van der Waals surface area contributed by atoms with Gasteiger partial charge in [-0.15, -0.1) is 0 Å². The van der Waals surface area contributed by atoms with Crippen LogP contribution in [0.2, 0.25) is 20.1 Å². The normalized spacial score (nSPS) is 15.3. The molecule has 2 amide bonds. The third-order valence-corrected chi connectivity index (χ3v) is 7.32. The Morgan fingerprint density at radius 3 is 1.94 bits per heavy atom. The second-order valence-corrected chi connectivity index (χ2v) is 9.75. The third kappa shape index (κ3) is 6.32. The summed E-state index contributed by atoms with van der Waals surface area (Å²) in [5, 5.41) is 4.78. The molecule has 2 aromatic rings. The summed E-state index contributed by atoms with van der Waals surface area (Å²) in [5.74, 6) is -0.485. The lowest BCUT2D eigenvalue weighted by atomic mass is 9.95. The van der Waals surface area contributed by atoms with Crippen LogP contribution in [-0.4, -0.2) is 28.8 Å². The number of carbonyl (C=O) groups excluding carboxylic acids is 2. The zero-order chi connectivity index (χ0) is 23.3. The van der Waals surface area contributed by atoms with Gasteiger partial charge in [-0.2, -0.15) is 0 Å². The van der Waals surface area contributed by atoms with E-state index in [9.17, 15) is 9.59 Å². The predicted molar refractivity (Wildman–Crippen MR) is 132 cm³/mol. The topological polar surface area (TPSA) is 49.4 Å². The van der Waals surface area contributed by atoms with E-state index in [1.807, 2.05) is 0 Å². The van der Waals surface area contributed by atoms with Crippen molar-refractivity contribution in [3.8, 4) is 0 Å². The molecular weight excluding hydrogens is 490 g/mol. The molecular formula is C24H26Cl4N2O2. The van der Waals surface area contributed by atoms with E-state index < -0.39 is 6.04 Å². The molecule has 0 aliphatic heterocycles. The fourth-order valence-corrected chi connectivity index (χ4v) is 5.01. The van der Waals surface area contributed by atoms with E-state index in [1.165, 1.54) is 11.3 Å². The van der Waals surface area contributed by atoms with Crippen LogP contribution in [0.25, 0.3) is 0 Å². The molecule has 32 heavy (non-hydrogen) atoms. The molecule has 0 radical (unpaired) electrons. The summed E-state index contributed by atoms with van der Waals surface area (Å²) in [6.45, 7) is 1.81. The number of benzene rings is 2. The lowest BCUT2D eigenvalue weighted by Gasteiger charge is -2.32. The van der Waals surface area contributed by atoms with Crippen LogP contribution in [0.1, 0.15) is 50.2 Å². The lowest BCUT2D eigenvalue weighted by Crippen LogP contribution is -2.50. The van der Waals surface area contributed by atoms with Crippen LogP contribution >= 0.6 is 46.4 Å². The summed E-state index contributed by atoms with van der Waals surface area (Å²) in [7, 11) is 0. The van der Waals surface area contributed by atoms with Crippen molar-refractivity contribution in [3.05, 3.63) is 67.6 Å². The largest absolute Gasteiger partial charge is 0.352 e. The zero-order valence-corrected chi connectivity index (χ0v) is 20.9. The number of nitrogens with zero attached hydrogens (tertiary/aromatic N) is 1. The van der Waals surface area contributed by atoms with Gasteiger partial charge >= 0.3 is 0 Å². The highest BCUT2D eigenvalue weighted by atomic mass is 35.5. The van der Waals surface area contributed by atoms with Gasteiger partial charge in [0.05, 0.1) is 6.42 Å². The molecule has 0 heterocycles. The van der Waals surface area contributed by atoms with Gasteiger partial charge < -0.3 is 10.2 Å². The molecule has 0 bridgehead atoms. The van der Waals surface area contributed by atoms with Gasteiger partial charge in [0.15, 0.2) is 0 Å². The first-order valence-electron chi connectivity index (χ1n) is 10.7. The molecule has 1 N–H and O–H groups in total. The Balaban J connectivity index is 1.86.